The fraction of sp³-hybridized carbons (Fsp3) is 0.421. The highest BCUT2D eigenvalue weighted by Gasteiger charge is 2.17. The molecule has 5 nitrogen and oxygen atoms in total. The number of benzene rings is 1. The van der Waals surface area contributed by atoms with Gasteiger partial charge in [-0.25, -0.2) is 4.99 Å². The van der Waals surface area contributed by atoms with Crippen LogP contribution in [-0.2, 0) is 6.54 Å². The zero-order valence-corrected chi connectivity index (χ0v) is 15.0. The van der Waals surface area contributed by atoms with Crippen molar-refractivity contribution in [3.63, 3.8) is 0 Å². The van der Waals surface area contributed by atoms with Crippen molar-refractivity contribution in [1.29, 1.82) is 0 Å². The van der Waals surface area contributed by atoms with Crippen LogP contribution < -0.4 is 10.6 Å². The molecule has 0 aliphatic carbocycles. The van der Waals surface area contributed by atoms with Gasteiger partial charge in [-0.05, 0) is 51.2 Å². The summed E-state index contributed by atoms with van der Waals surface area (Å²) in [7, 11) is 4.10. The molecule has 0 saturated carbocycles. The summed E-state index contributed by atoms with van der Waals surface area (Å²) in [4.78, 5) is 6.84. The lowest BCUT2D eigenvalue weighted by Crippen LogP contribution is -2.41. The highest BCUT2D eigenvalue weighted by Crippen LogP contribution is 2.17. The van der Waals surface area contributed by atoms with Gasteiger partial charge in [-0.1, -0.05) is 24.3 Å². The zero-order valence-electron chi connectivity index (χ0n) is 15.0. The third-order valence-corrected chi connectivity index (χ3v) is 3.97. The van der Waals surface area contributed by atoms with Gasteiger partial charge in [0.15, 0.2) is 5.96 Å². The molecule has 1 aromatic carbocycles. The molecular formula is C19H28N4O. The van der Waals surface area contributed by atoms with Crippen molar-refractivity contribution >= 4 is 5.96 Å². The van der Waals surface area contributed by atoms with Crippen molar-refractivity contribution < 1.29 is 4.42 Å². The smallest absolute Gasteiger partial charge is 0.191 e. The molecule has 2 N–H and O–H groups in total. The van der Waals surface area contributed by atoms with Crippen LogP contribution in [0.5, 0.6) is 0 Å². The van der Waals surface area contributed by atoms with Crippen LogP contribution in [0, 0.1) is 6.92 Å². The van der Waals surface area contributed by atoms with Crippen LogP contribution in [0.4, 0.5) is 0 Å². The molecule has 0 aliphatic heterocycles. The minimum atomic E-state index is 0.155. The van der Waals surface area contributed by atoms with Crippen LogP contribution in [0.15, 0.2) is 52.1 Å². The average molecular weight is 328 g/mol. The molecule has 0 spiro atoms. The predicted octanol–water partition coefficient (Wildman–Crippen LogP) is 2.95. The standard InChI is InChI=1S/C19H28N4O/c1-5-20-19(21-13-16-10-7-6-9-15(16)2)22-14-17(23(3)4)18-11-8-12-24-18/h6-12,17H,5,13-14H2,1-4H3,(H2,20,21,22). The molecule has 1 aromatic heterocycles. The number of aliphatic imine (C=N–C) groups is 1. The van der Waals surface area contributed by atoms with Crippen LogP contribution >= 0.6 is 0 Å². The van der Waals surface area contributed by atoms with Gasteiger partial charge in [-0.3, -0.25) is 4.90 Å². The van der Waals surface area contributed by atoms with E-state index in [1.165, 1.54) is 11.1 Å². The number of rotatable bonds is 7. The van der Waals surface area contributed by atoms with Crippen molar-refractivity contribution in [2.75, 3.05) is 27.2 Å². The van der Waals surface area contributed by atoms with Gasteiger partial charge in [-0.2, -0.15) is 0 Å². The van der Waals surface area contributed by atoms with Gasteiger partial charge in [0.2, 0.25) is 0 Å². The summed E-state index contributed by atoms with van der Waals surface area (Å²) in [5, 5.41) is 6.72. The lowest BCUT2D eigenvalue weighted by Gasteiger charge is -2.23. The molecule has 0 aliphatic rings. The normalized spacial score (nSPS) is 13.1. The molecule has 130 valence electrons. The topological polar surface area (TPSA) is 52.8 Å². The molecule has 1 heterocycles. The Morgan fingerprint density at radius 3 is 2.58 bits per heavy atom. The zero-order chi connectivity index (χ0) is 17.4. The van der Waals surface area contributed by atoms with E-state index in [2.05, 4.69) is 53.6 Å². The first-order chi connectivity index (χ1) is 11.6. The molecule has 2 aromatic rings. The fourth-order valence-electron chi connectivity index (χ4n) is 2.51. The lowest BCUT2D eigenvalue weighted by atomic mass is 10.1. The number of likely N-dealkylation sites (N-methyl/N-ethyl adjacent to an activating group) is 1. The monoisotopic (exact) mass is 328 g/mol. The molecule has 0 bridgehead atoms. The Balaban J connectivity index is 2.02. The van der Waals surface area contributed by atoms with Gasteiger partial charge >= 0.3 is 0 Å². The Hall–Kier alpha value is -2.27. The van der Waals surface area contributed by atoms with Gasteiger partial charge < -0.3 is 15.1 Å². The molecule has 5 heteroatoms. The molecule has 0 fully saturated rings. The number of furan rings is 1. The van der Waals surface area contributed by atoms with Crippen LogP contribution in [0.25, 0.3) is 0 Å². The number of nitrogens with zero attached hydrogens (tertiary/aromatic N) is 2. The first kappa shape index (κ1) is 18.1. The van der Waals surface area contributed by atoms with Crippen LogP contribution in [0.3, 0.4) is 0 Å². The third kappa shape index (κ3) is 5.13. The second-order valence-corrected chi connectivity index (χ2v) is 6.00. The van der Waals surface area contributed by atoms with E-state index in [9.17, 15) is 0 Å². The molecule has 1 unspecified atom stereocenters. The van der Waals surface area contributed by atoms with Crippen molar-refractivity contribution in [3.8, 4) is 0 Å². The second-order valence-electron chi connectivity index (χ2n) is 6.00. The Morgan fingerprint density at radius 1 is 1.17 bits per heavy atom. The average Bonchev–Trinajstić information content (AvgIpc) is 3.08. The van der Waals surface area contributed by atoms with Crippen LogP contribution in [0.1, 0.15) is 29.9 Å². The van der Waals surface area contributed by atoms with Gasteiger partial charge in [0, 0.05) is 13.1 Å². The number of nitrogens with one attached hydrogen (secondary N) is 2. The second kappa shape index (κ2) is 9.13. The Kier molecular flexibility index (Phi) is 6.88. The summed E-state index contributed by atoms with van der Waals surface area (Å²) in [6.07, 6.45) is 1.71. The summed E-state index contributed by atoms with van der Waals surface area (Å²) >= 11 is 0. The maximum Gasteiger partial charge on any atom is 0.191 e. The van der Waals surface area contributed by atoms with Crippen molar-refractivity contribution in [1.82, 2.24) is 15.5 Å². The van der Waals surface area contributed by atoms with E-state index < -0.39 is 0 Å². The highest BCUT2D eigenvalue weighted by atomic mass is 16.3. The van der Waals surface area contributed by atoms with E-state index in [0.717, 1.165) is 24.8 Å². The Morgan fingerprint density at radius 2 is 1.96 bits per heavy atom. The van der Waals surface area contributed by atoms with E-state index in [1.54, 1.807) is 6.26 Å². The molecule has 2 rings (SSSR count). The van der Waals surface area contributed by atoms with E-state index in [0.29, 0.717) is 6.54 Å². The number of guanidine groups is 1. The summed E-state index contributed by atoms with van der Waals surface area (Å²) in [6.45, 7) is 6.40. The fourth-order valence-corrected chi connectivity index (χ4v) is 2.51. The first-order valence-corrected chi connectivity index (χ1v) is 8.38. The summed E-state index contributed by atoms with van der Waals surface area (Å²) < 4.78 is 5.55. The molecule has 0 saturated heterocycles. The number of hydrogen-bond acceptors (Lipinski definition) is 3. The summed E-state index contributed by atoms with van der Waals surface area (Å²) in [5.41, 5.74) is 2.50. The maximum atomic E-state index is 5.55. The minimum absolute atomic E-state index is 0.155. The van der Waals surface area contributed by atoms with Gasteiger partial charge in [-0.15, -0.1) is 0 Å². The highest BCUT2D eigenvalue weighted by molar-refractivity contribution is 5.79. The van der Waals surface area contributed by atoms with Gasteiger partial charge in [0.25, 0.3) is 0 Å². The number of hydrogen-bond donors (Lipinski definition) is 2. The van der Waals surface area contributed by atoms with Crippen molar-refractivity contribution in [2.45, 2.75) is 26.4 Å². The molecule has 24 heavy (non-hydrogen) atoms. The first-order valence-electron chi connectivity index (χ1n) is 8.38. The molecule has 0 amide bonds. The Labute approximate surface area is 144 Å². The predicted molar refractivity (Wildman–Crippen MR) is 99.1 cm³/mol. The van der Waals surface area contributed by atoms with Crippen LogP contribution in [0.2, 0.25) is 0 Å². The van der Waals surface area contributed by atoms with E-state index in [1.807, 2.05) is 26.2 Å². The van der Waals surface area contributed by atoms with Crippen molar-refractivity contribution in [3.05, 3.63) is 59.5 Å². The third-order valence-electron chi connectivity index (χ3n) is 3.97. The quantitative estimate of drug-likeness (QED) is 0.606. The number of aryl methyl sites for hydroxylation is 1. The Bertz CT molecular complexity index is 635. The molecule has 0 radical (unpaired) electrons. The molecular weight excluding hydrogens is 300 g/mol. The largest absolute Gasteiger partial charge is 0.468 e. The van der Waals surface area contributed by atoms with Crippen molar-refractivity contribution in [2.24, 2.45) is 4.99 Å². The minimum Gasteiger partial charge on any atom is -0.468 e. The molecule has 1 atom stereocenters. The van der Waals surface area contributed by atoms with Crippen LogP contribution in [-0.4, -0.2) is 38.0 Å². The van der Waals surface area contributed by atoms with Gasteiger partial charge in [0.05, 0.1) is 18.8 Å². The van der Waals surface area contributed by atoms with E-state index in [-0.39, 0.29) is 6.04 Å². The maximum absolute atomic E-state index is 5.55. The van der Waals surface area contributed by atoms with Gasteiger partial charge in [0.1, 0.15) is 5.76 Å². The lowest BCUT2D eigenvalue weighted by molar-refractivity contribution is 0.258. The summed E-state index contributed by atoms with van der Waals surface area (Å²) in [6, 6.07) is 12.4. The van der Waals surface area contributed by atoms with E-state index in [4.69, 9.17) is 9.41 Å². The summed E-state index contributed by atoms with van der Waals surface area (Å²) in [5.74, 6) is 1.77. The van der Waals surface area contributed by atoms with E-state index >= 15 is 0 Å². The SMILES string of the molecule is CCNC(=NCc1ccccc1C)NCC(c1ccco1)N(C)C.